The van der Waals surface area contributed by atoms with Gasteiger partial charge in [0.15, 0.2) is 0 Å². The van der Waals surface area contributed by atoms with E-state index in [1.165, 1.54) is 6.07 Å². The Bertz CT molecular complexity index is 730. The minimum atomic E-state index is -0.169. The van der Waals surface area contributed by atoms with Crippen molar-refractivity contribution in [3.8, 4) is 11.3 Å². The molecule has 0 unspecified atom stereocenters. The van der Waals surface area contributed by atoms with E-state index in [2.05, 4.69) is 33.0 Å². The van der Waals surface area contributed by atoms with Gasteiger partial charge in [-0.15, -0.1) is 0 Å². The van der Waals surface area contributed by atoms with Crippen molar-refractivity contribution >= 4 is 26.8 Å². The smallest absolute Gasteiger partial charge is 0.126 e. The lowest BCUT2D eigenvalue weighted by Gasteiger charge is -2.00. The molecule has 3 aromatic rings. The topological polar surface area (TPSA) is 15.8 Å². The Morgan fingerprint density at radius 2 is 1.89 bits per heavy atom. The summed E-state index contributed by atoms with van der Waals surface area (Å²) in [4.78, 5) is 3.34. The Kier molecular flexibility index (Phi) is 2.71. The Morgan fingerprint density at radius 3 is 2.67 bits per heavy atom. The molecule has 0 spiro atoms. The Morgan fingerprint density at radius 1 is 1.06 bits per heavy atom. The molecular weight excluding hydrogens is 293 g/mol. The summed E-state index contributed by atoms with van der Waals surface area (Å²) in [6.07, 6.45) is 0. The Hall–Kier alpha value is -1.61. The third-order valence-corrected chi connectivity index (χ3v) is 3.54. The number of aromatic nitrogens is 1. The quantitative estimate of drug-likeness (QED) is 0.648. The van der Waals surface area contributed by atoms with Crippen molar-refractivity contribution in [3.05, 3.63) is 58.3 Å². The van der Waals surface area contributed by atoms with E-state index in [0.29, 0.717) is 5.56 Å². The maximum Gasteiger partial charge on any atom is 0.126 e. The number of aromatic amines is 1. The molecule has 18 heavy (non-hydrogen) atoms. The average Bonchev–Trinajstić information content (AvgIpc) is 2.75. The van der Waals surface area contributed by atoms with Crippen molar-refractivity contribution in [1.82, 2.24) is 4.98 Å². The second-order valence-electron chi connectivity index (χ2n) is 4.38. The number of halogens is 2. The second-order valence-corrected chi connectivity index (χ2v) is 5.29. The molecule has 0 saturated carbocycles. The fraction of sp³-hybridized carbons (Fsp3) is 0.0667. The highest BCUT2D eigenvalue weighted by Crippen LogP contribution is 2.27. The lowest BCUT2D eigenvalue weighted by atomic mass is 10.1. The van der Waals surface area contributed by atoms with E-state index in [1.807, 2.05) is 18.2 Å². The fourth-order valence-electron chi connectivity index (χ4n) is 2.07. The van der Waals surface area contributed by atoms with Crippen molar-refractivity contribution in [1.29, 1.82) is 0 Å². The van der Waals surface area contributed by atoms with Gasteiger partial charge in [-0.2, -0.15) is 0 Å². The molecule has 3 rings (SSSR count). The third-order valence-electron chi connectivity index (χ3n) is 3.05. The molecular formula is C15H11BrFN. The van der Waals surface area contributed by atoms with E-state index in [9.17, 15) is 4.39 Å². The van der Waals surface area contributed by atoms with Crippen LogP contribution in [0.25, 0.3) is 22.2 Å². The molecule has 0 atom stereocenters. The van der Waals surface area contributed by atoms with Gasteiger partial charge in [-0.05, 0) is 60.5 Å². The van der Waals surface area contributed by atoms with Crippen LogP contribution in [-0.4, -0.2) is 4.98 Å². The molecule has 3 heteroatoms. The van der Waals surface area contributed by atoms with Crippen LogP contribution in [-0.2, 0) is 0 Å². The molecule has 0 aliphatic rings. The minimum Gasteiger partial charge on any atom is -0.355 e. The van der Waals surface area contributed by atoms with E-state index in [0.717, 1.165) is 26.6 Å². The molecule has 0 saturated heterocycles. The first-order valence-electron chi connectivity index (χ1n) is 5.68. The van der Waals surface area contributed by atoms with Gasteiger partial charge in [-0.3, -0.25) is 0 Å². The van der Waals surface area contributed by atoms with Crippen molar-refractivity contribution in [3.63, 3.8) is 0 Å². The molecule has 1 heterocycles. The van der Waals surface area contributed by atoms with Crippen molar-refractivity contribution in [2.24, 2.45) is 0 Å². The summed E-state index contributed by atoms with van der Waals surface area (Å²) in [6, 6.07) is 13.3. The number of hydrogen-bond acceptors (Lipinski definition) is 0. The van der Waals surface area contributed by atoms with E-state index in [-0.39, 0.29) is 5.82 Å². The number of rotatable bonds is 1. The van der Waals surface area contributed by atoms with E-state index in [4.69, 9.17) is 0 Å². The second kappa shape index (κ2) is 4.25. The number of nitrogens with one attached hydrogen (secondary N) is 1. The molecule has 0 amide bonds. The molecule has 1 aromatic heterocycles. The summed E-state index contributed by atoms with van der Waals surface area (Å²) in [5.74, 6) is -0.169. The van der Waals surface area contributed by atoms with Gasteiger partial charge in [0.05, 0.1) is 0 Å². The van der Waals surface area contributed by atoms with E-state index in [1.54, 1.807) is 13.0 Å². The highest BCUT2D eigenvalue weighted by atomic mass is 79.9. The summed E-state index contributed by atoms with van der Waals surface area (Å²) in [6.45, 7) is 1.78. The van der Waals surface area contributed by atoms with Crippen molar-refractivity contribution in [2.75, 3.05) is 0 Å². The number of benzene rings is 2. The lowest BCUT2D eigenvalue weighted by Crippen LogP contribution is -1.84. The minimum absolute atomic E-state index is 0.169. The third kappa shape index (κ3) is 1.95. The van der Waals surface area contributed by atoms with Crippen LogP contribution in [0.3, 0.4) is 0 Å². The van der Waals surface area contributed by atoms with Crippen LogP contribution in [0.4, 0.5) is 4.39 Å². The summed E-state index contributed by atoms with van der Waals surface area (Å²) in [5, 5.41) is 1.14. The van der Waals surface area contributed by atoms with Gasteiger partial charge in [0.25, 0.3) is 0 Å². The molecule has 0 radical (unpaired) electrons. The van der Waals surface area contributed by atoms with Crippen LogP contribution >= 0.6 is 15.9 Å². The van der Waals surface area contributed by atoms with Crippen LogP contribution in [0.15, 0.2) is 46.9 Å². The molecule has 1 N–H and O–H groups in total. The van der Waals surface area contributed by atoms with Crippen LogP contribution in [0.2, 0.25) is 0 Å². The summed E-state index contributed by atoms with van der Waals surface area (Å²) in [5.41, 5.74) is 3.75. The molecule has 0 bridgehead atoms. The van der Waals surface area contributed by atoms with Gasteiger partial charge in [-0.1, -0.05) is 15.9 Å². The van der Waals surface area contributed by atoms with Gasteiger partial charge < -0.3 is 4.98 Å². The van der Waals surface area contributed by atoms with Crippen LogP contribution in [0.5, 0.6) is 0 Å². The highest BCUT2D eigenvalue weighted by Gasteiger charge is 2.05. The zero-order chi connectivity index (χ0) is 12.7. The normalized spacial score (nSPS) is 11.1. The zero-order valence-corrected chi connectivity index (χ0v) is 11.4. The molecule has 1 nitrogen and oxygen atoms in total. The van der Waals surface area contributed by atoms with Gasteiger partial charge in [0.1, 0.15) is 5.82 Å². The van der Waals surface area contributed by atoms with Crippen molar-refractivity contribution in [2.45, 2.75) is 6.92 Å². The van der Waals surface area contributed by atoms with Crippen LogP contribution in [0.1, 0.15) is 5.56 Å². The Balaban J connectivity index is 2.16. The van der Waals surface area contributed by atoms with E-state index < -0.39 is 0 Å². The highest BCUT2D eigenvalue weighted by molar-refractivity contribution is 9.10. The molecule has 2 aromatic carbocycles. The first-order valence-corrected chi connectivity index (χ1v) is 6.47. The van der Waals surface area contributed by atoms with Crippen LogP contribution in [0, 0.1) is 12.7 Å². The zero-order valence-electron chi connectivity index (χ0n) is 9.80. The predicted octanol–water partition coefficient (Wildman–Crippen LogP) is 5.04. The SMILES string of the molecule is Cc1cc(-c2cc3cc(Br)ccc3[nH]2)ccc1F. The monoisotopic (exact) mass is 303 g/mol. The largest absolute Gasteiger partial charge is 0.355 e. The molecule has 0 fully saturated rings. The first kappa shape index (κ1) is 11.5. The van der Waals surface area contributed by atoms with Gasteiger partial charge in [0, 0.05) is 21.1 Å². The number of fused-ring (bicyclic) bond motifs is 1. The summed E-state index contributed by atoms with van der Waals surface area (Å²) < 4.78 is 14.3. The number of aryl methyl sites for hydroxylation is 1. The molecule has 90 valence electrons. The number of hydrogen-bond donors (Lipinski definition) is 1. The molecule has 0 aliphatic carbocycles. The van der Waals surface area contributed by atoms with Gasteiger partial charge in [0.2, 0.25) is 0 Å². The summed E-state index contributed by atoms with van der Waals surface area (Å²) in [7, 11) is 0. The van der Waals surface area contributed by atoms with Gasteiger partial charge >= 0.3 is 0 Å². The standard InChI is InChI=1S/C15H11BrFN/c1-9-6-10(2-4-13(9)17)15-8-11-7-12(16)3-5-14(11)18-15/h2-8,18H,1H3. The average molecular weight is 304 g/mol. The lowest BCUT2D eigenvalue weighted by molar-refractivity contribution is 0.619. The maximum absolute atomic E-state index is 13.3. The first-order chi connectivity index (χ1) is 8.63. The van der Waals surface area contributed by atoms with E-state index >= 15 is 0 Å². The predicted molar refractivity (Wildman–Crippen MR) is 76.1 cm³/mol. The fourth-order valence-corrected chi connectivity index (χ4v) is 2.45. The Labute approximate surface area is 113 Å². The van der Waals surface area contributed by atoms with Gasteiger partial charge in [-0.25, -0.2) is 4.39 Å². The molecule has 0 aliphatic heterocycles. The maximum atomic E-state index is 13.3. The van der Waals surface area contributed by atoms with Crippen LogP contribution < -0.4 is 0 Å². The number of H-pyrrole nitrogens is 1. The van der Waals surface area contributed by atoms with Crippen molar-refractivity contribution < 1.29 is 4.39 Å². The summed E-state index contributed by atoms with van der Waals surface area (Å²) >= 11 is 3.46.